The van der Waals surface area contributed by atoms with E-state index >= 15 is 0 Å². The molecule has 0 aliphatic carbocycles. The highest BCUT2D eigenvalue weighted by molar-refractivity contribution is 7.99. The fraction of sp³-hybridized carbons (Fsp3) is 0.231. The van der Waals surface area contributed by atoms with E-state index in [2.05, 4.69) is 58.6 Å². The highest BCUT2D eigenvalue weighted by atomic mass is 32.2. The molecule has 2 heterocycles. The van der Waals surface area contributed by atoms with Crippen LogP contribution in [0.4, 0.5) is 5.69 Å². The van der Waals surface area contributed by atoms with Crippen molar-refractivity contribution in [3.8, 4) is 17.1 Å². The number of carbonyl (C=O) groups is 1. The van der Waals surface area contributed by atoms with Crippen LogP contribution in [0.25, 0.3) is 17.1 Å². The second-order valence-electron chi connectivity index (χ2n) is 7.70. The molecule has 0 fully saturated rings. The van der Waals surface area contributed by atoms with E-state index in [0.717, 1.165) is 46.7 Å². The first-order valence-corrected chi connectivity index (χ1v) is 12.1. The normalized spacial score (nSPS) is 10.9. The number of pyridine rings is 1. The minimum atomic E-state index is -0.0645. The van der Waals surface area contributed by atoms with Gasteiger partial charge in [-0.05, 0) is 60.7 Å². The molecule has 0 saturated heterocycles. The summed E-state index contributed by atoms with van der Waals surface area (Å²) in [5, 5.41) is 12.6. The van der Waals surface area contributed by atoms with E-state index in [4.69, 9.17) is 0 Å². The fourth-order valence-electron chi connectivity index (χ4n) is 3.67. The minimum Gasteiger partial charge on any atom is -0.325 e. The van der Waals surface area contributed by atoms with E-state index in [1.54, 1.807) is 12.4 Å². The van der Waals surface area contributed by atoms with E-state index in [-0.39, 0.29) is 11.7 Å². The molecule has 0 unspecified atom stereocenters. The summed E-state index contributed by atoms with van der Waals surface area (Å²) in [6.45, 7) is 6.24. The summed E-state index contributed by atoms with van der Waals surface area (Å²) >= 11 is 1.38. The number of nitrogens with zero attached hydrogens (tertiary/aromatic N) is 4. The number of anilines is 1. The highest BCUT2D eigenvalue weighted by Crippen LogP contribution is 2.28. The van der Waals surface area contributed by atoms with Gasteiger partial charge in [0.15, 0.2) is 11.0 Å². The van der Waals surface area contributed by atoms with Crippen LogP contribution in [-0.2, 0) is 17.6 Å². The molecule has 6 nitrogen and oxygen atoms in total. The number of para-hydroxylation sites is 1. The molecule has 1 amide bonds. The van der Waals surface area contributed by atoms with Gasteiger partial charge in [-0.1, -0.05) is 55.9 Å². The predicted molar refractivity (Wildman–Crippen MR) is 134 cm³/mol. The molecule has 0 spiro atoms. The number of rotatable bonds is 8. The number of hydrogen-bond donors (Lipinski definition) is 1. The molecule has 1 N–H and O–H groups in total. The summed E-state index contributed by atoms with van der Waals surface area (Å²) < 4.78 is 2.00. The van der Waals surface area contributed by atoms with Gasteiger partial charge < -0.3 is 5.32 Å². The lowest BCUT2D eigenvalue weighted by Gasteiger charge is -2.13. The van der Waals surface area contributed by atoms with Crippen LogP contribution in [0.2, 0.25) is 0 Å². The van der Waals surface area contributed by atoms with Crippen LogP contribution in [-0.4, -0.2) is 31.4 Å². The number of carbonyl (C=O) groups excluding carboxylic acids is 1. The van der Waals surface area contributed by atoms with Crippen LogP contribution in [0.3, 0.4) is 0 Å². The third-order valence-electron chi connectivity index (χ3n) is 5.51. The zero-order valence-corrected chi connectivity index (χ0v) is 19.9. The Balaban J connectivity index is 1.60. The summed E-state index contributed by atoms with van der Waals surface area (Å²) in [5.41, 5.74) is 6.23. The van der Waals surface area contributed by atoms with E-state index in [9.17, 15) is 4.79 Å². The molecule has 2 aromatic carbocycles. The quantitative estimate of drug-likeness (QED) is 0.354. The standard InChI is InChI=1S/C26H27N5OS/c1-4-19-9-11-22(12-10-19)31-25(21-13-15-27-16-14-21)29-30-26(31)33-17-23(32)28-24-18(3)7-6-8-20(24)5-2/h6-16H,4-5,17H2,1-3H3,(H,28,32). The maximum Gasteiger partial charge on any atom is 0.234 e. The van der Waals surface area contributed by atoms with Gasteiger partial charge >= 0.3 is 0 Å². The van der Waals surface area contributed by atoms with Crippen molar-refractivity contribution in [2.75, 3.05) is 11.1 Å². The number of hydrogen-bond acceptors (Lipinski definition) is 5. The molecular weight excluding hydrogens is 430 g/mol. The number of aromatic nitrogens is 4. The van der Waals surface area contributed by atoms with Crippen LogP contribution in [0.1, 0.15) is 30.5 Å². The van der Waals surface area contributed by atoms with Gasteiger partial charge in [-0.2, -0.15) is 0 Å². The molecule has 0 saturated carbocycles. The molecular formula is C26H27N5OS. The predicted octanol–water partition coefficient (Wildman–Crippen LogP) is 5.49. The Bertz CT molecular complexity index is 1240. The molecule has 33 heavy (non-hydrogen) atoms. The first-order chi connectivity index (χ1) is 16.1. The van der Waals surface area contributed by atoms with Crippen molar-refractivity contribution in [1.82, 2.24) is 19.7 Å². The first-order valence-electron chi connectivity index (χ1n) is 11.1. The molecule has 4 rings (SSSR count). The van der Waals surface area contributed by atoms with Crippen LogP contribution < -0.4 is 5.32 Å². The van der Waals surface area contributed by atoms with Crippen LogP contribution in [0.15, 0.2) is 72.1 Å². The maximum atomic E-state index is 12.8. The summed E-state index contributed by atoms with van der Waals surface area (Å²) in [4.78, 5) is 16.9. The Labute approximate surface area is 198 Å². The van der Waals surface area contributed by atoms with Crippen LogP contribution in [0.5, 0.6) is 0 Å². The molecule has 0 aliphatic rings. The molecule has 0 radical (unpaired) electrons. The number of amides is 1. The smallest absolute Gasteiger partial charge is 0.234 e. The second-order valence-corrected chi connectivity index (χ2v) is 8.64. The molecule has 0 aliphatic heterocycles. The third kappa shape index (κ3) is 5.14. The second kappa shape index (κ2) is 10.4. The van der Waals surface area contributed by atoms with Gasteiger partial charge in [0, 0.05) is 29.3 Å². The number of nitrogens with one attached hydrogen (secondary N) is 1. The Kier molecular flexibility index (Phi) is 7.19. The van der Waals surface area contributed by atoms with Crippen molar-refractivity contribution in [1.29, 1.82) is 0 Å². The van der Waals surface area contributed by atoms with Gasteiger partial charge in [-0.15, -0.1) is 10.2 Å². The Morgan fingerprint density at radius 1 is 0.970 bits per heavy atom. The Hall–Kier alpha value is -3.45. The third-order valence-corrected chi connectivity index (χ3v) is 6.44. The lowest BCUT2D eigenvalue weighted by atomic mass is 10.1. The van der Waals surface area contributed by atoms with Crippen molar-refractivity contribution < 1.29 is 4.79 Å². The van der Waals surface area contributed by atoms with Crippen molar-refractivity contribution >= 4 is 23.4 Å². The monoisotopic (exact) mass is 457 g/mol. The average molecular weight is 458 g/mol. The van der Waals surface area contributed by atoms with Crippen LogP contribution >= 0.6 is 11.8 Å². The number of aryl methyl sites for hydroxylation is 3. The lowest BCUT2D eigenvalue weighted by molar-refractivity contribution is -0.113. The maximum absolute atomic E-state index is 12.8. The summed E-state index contributed by atoms with van der Waals surface area (Å²) in [6, 6.07) is 18.3. The topological polar surface area (TPSA) is 72.7 Å². The molecule has 0 bridgehead atoms. The summed E-state index contributed by atoms with van der Waals surface area (Å²) in [5.74, 6) is 0.890. The zero-order chi connectivity index (χ0) is 23.2. The van der Waals surface area contributed by atoms with Gasteiger partial charge in [-0.3, -0.25) is 14.3 Å². The molecule has 4 aromatic rings. The van der Waals surface area contributed by atoms with E-state index in [1.165, 1.54) is 17.3 Å². The van der Waals surface area contributed by atoms with Crippen molar-refractivity contribution in [3.05, 3.63) is 83.7 Å². The summed E-state index contributed by atoms with van der Waals surface area (Å²) in [6.07, 6.45) is 5.31. The van der Waals surface area contributed by atoms with Gasteiger partial charge in [0.2, 0.25) is 5.91 Å². The first kappa shape index (κ1) is 22.7. The largest absolute Gasteiger partial charge is 0.325 e. The Morgan fingerprint density at radius 2 is 1.73 bits per heavy atom. The van der Waals surface area contributed by atoms with E-state index in [0.29, 0.717) is 5.16 Å². The van der Waals surface area contributed by atoms with E-state index in [1.807, 2.05) is 41.8 Å². The zero-order valence-electron chi connectivity index (χ0n) is 19.1. The number of thioether (sulfide) groups is 1. The SMILES string of the molecule is CCc1ccc(-n2c(SCC(=O)Nc3c(C)cccc3CC)nnc2-c2ccncc2)cc1. The summed E-state index contributed by atoms with van der Waals surface area (Å²) in [7, 11) is 0. The van der Waals surface area contributed by atoms with Crippen LogP contribution in [0, 0.1) is 6.92 Å². The molecule has 7 heteroatoms. The molecule has 2 aromatic heterocycles. The Morgan fingerprint density at radius 3 is 2.42 bits per heavy atom. The fourth-order valence-corrected chi connectivity index (χ4v) is 4.42. The van der Waals surface area contributed by atoms with Crippen molar-refractivity contribution in [2.45, 2.75) is 38.8 Å². The van der Waals surface area contributed by atoms with E-state index < -0.39 is 0 Å². The highest BCUT2D eigenvalue weighted by Gasteiger charge is 2.18. The molecule has 168 valence electrons. The van der Waals surface area contributed by atoms with Gasteiger partial charge in [0.25, 0.3) is 0 Å². The average Bonchev–Trinajstić information content (AvgIpc) is 3.28. The van der Waals surface area contributed by atoms with Gasteiger partial charge in [-0.25, -0.2) is 0 Å². The van der Waals surface area contributed by atoms with Crippen molar-refractivity contribution in [2.24, 2.45) is 0 Å². The van der Waals surface area contributed by atoms with Gasteiger partial charge in [0.05, 0.1) is 5.75 Å². The minimum absolute atomic E-state index is 0.0645. The number of benzene rings is 2. The van der Waals surface area contributed by atoms with Gasteiger partial charge in [0.1, 0.15) is 0 Å². The van der Waals surface area contributed by atoms with Crippen molar-refractivity contribution in [3.63, 3.8) is 0 Å². The molecule has 0 atom stereocenters. The lowest BCUT2D eigenvalue weighted by Crippen LogP contribution is -2.16.